The largest absolute Gasteiger partial charge is 0.0622 e. The highest BCUT2D eigenvalue weighted by Gasteiger charge is 2.36. The van der Waals surface area contributed by atoms with Crippen LogP contribution in [-0.4, -0.2) is 0 Å². The zero-order valence-corrected chi connectivity index (χ0v) is 56.8. The van der Waals surface area contributed by atoms with Crippen LogP contribution in [0.2, 0.25) is 0 Å². The van der Waals surface area contributed by atoms with E-state index in [1.165, 1.54) is 231 Å². The van der Waals surface area contributed by atoms with Crippen molar-refractivity contribution in [3.63, 3.8) is 0 Å². The average molecular weight is 1310 g/mol. The topological polar surface area (TPSA) is 0 Å². The van der Waals surface area contributed by atoms with Gasteiger partial charge in [0.25, 0.3) is 0 Å². The van der Waals surface area contributed by atoms with E-state index < -0.39 is 0 Å². The number of fused-ring (bicyclic) bond motifs is 12. The SMILES string of the molecule is c1ccc(-c2cc3c(-c4cccc5ccccc45)c4c(c(-c5cccc6ccccc56)c3cc2-c2ccccc2)-c2ccc(-c3ccc5c6c(cccc36)-c3c-5c(-c5cccc6ccccc56)c5cc(-c6ccccc6)c(-c6ccccc6)cc5c3-c3cccc5ccccc35)c3cccc-4c23)cc1. The summed E-state index contributed by atoms with van der Waals surface area (Å²) in [6.07, 6.45) is 0. The molecule has 0 nitrogen and oxygen atoms in total. The third-order valence-electron chi connectivity index (χ3n) is 22.9. The molecule has 0 aliphatic heterocycles. The minimum atomic E-state index is 1.19. The van der Waals surface area contributed by atoms with E-state index in [1.807, 2.05) is 0 Å². The van der Waals surface area contributed by atoms with Gasteiger partial charge in [0.2, 0.25) is 0 Å². The lowest BCUT2D eigenvalue weighted by molar-refractivity contribution is 1.60. The van der Waals surface area contributed by atoms with Gasteiger partial charge in [0.05, 0.1) is 0 Å². The minimum absolute atomic E-state index is 1.19. The lowest BCUT2D eigenvalue weighted by atomic mass is 9.78. The van der Waals surface area contributed by atoms with Gasteiger partial charge >= 0.3 is 0 Å². The molecule has 0 heterocycles. The van der Waals surface area contributed by atoms with Crippen LogP contribution < -0.4 is 0 Å². The molecule has 0 bridgehead atoms. The predicted octanol–water partition coefficient (Wildman–Crippen LogP) is 29.2. The maximum atomic E-state index is 2.54. The first-order valence-corrected chi connectivity index (χ1v) is 36.3. The Kier molecular flexibility index (Phi) is 12.9. The van der Waals surface area contributed by atoms with Gasteiger partial charge in [0, 0.05) is 0 Å². The third kappa shape index (κ3) is 8.61. The Morgan fingerprint density at radius 3 is 0.587 bits per heavy atom. The molecule has 0 saturated heterocycles. The summed E-state index contributed by atoms with van der Waals surface area (Å²) in [7, 11) is 0. The smallest absolute Gasteiger partial charge is 0.000718 e. The van der Waals surface area contributed by atoms with Crippen molar-refractivity contribution in [3.05, 3.63) is 376 Å². The molecule has 0 saturated carbocycles. The molecule has 0 radical (unpaired) electrons. The summed E-state index contributed by atoms with van der Waals surface area (Å²) in [5, 5.41) is 19.7. The quantitative estimate of drug-likeness (QED) is 0.135. The van der Waals surface area contributed by atoms with Crippen LogP contribution in [0.5, 0.6) is 0 Å². The molecule has 0 atom stereocenters. The van der Waals surface area contributed by atoms with Gasteiger partial charge in [0.1, 0.15) is 0 Å². The van der Waals surface area contributed by atoms with Crippen molar-refractivity contribution in [2.45, 2.75) is 0 Å². The van der Waals surface area contributed by atoms with E-state index in [1.54, 1.807) is 0 Å². The highest BCUT2D eigenvalue weighted by Crippen LogP contribution is 2.64. The predicted molar refractivity (Wildman–Crippen MR) is 444 cm³/mol. The standard InChI is InChI=1S/C104H62/c1-5-27-67(28-6-1)87-59-91-93(61-89(87)69-31-9-3-10-32-69)99(79-49-23-41-65-37-15-19-45-73(65)79)103-85-57-55-75(81-51-25-53-83(95(81)85)101(103)97(91)77-47-21-39-63-35-13-17-43-71(63)77)76-56-58-86-96-82(76)52-26-54-84(96)102-98(78-48-22-40-64-36-14-18-44-72(64)78)92-60-88(68-29-7-2-8-30-68)90(70-33-11-4-12-34-70)62-94(92)100(104(86)102)80-50-24-42-66-38-16-20-46-74(66)80/h1-62H. The van der Waals surface area contributed by atoms with Gasteiger partial charge < -0.3 is 0 Å². The van der Waals surface area contributed by atoms with Gasteiger partial charge in [-0.25, -0.2) is 0 Å². The molecule has 0 unspecified atom stereocenters. The van der Waals surface area contributed by atoms with E-state index in [0.717, 1.165) is 0 Å². The van der Waals surface area contributed by atoms with E-state index in [0.29, 0.717) is 0 Å². The van der Waals surface area contributed by atoms with Gasteiger partial charge in [-0.2, -0.15) is 0 Å². The number of rotatable bonds is 9. The van der Waals surface area contributed by atoms with Crippen LogP contribution in [0.15, 0.2) is 376 Å². The molecule has 2 aliphatic rings. The molecule has 0 amide bonds. The van der Waals surface area contributed by atoms with Crippen molar-refractivity contribution in [1.82, 2.24) is 0 Å². The number of benzene rings is 20. The Morgan fingerprint density at radius 2 is 0.308 bits per heavy atom. The van der Waals surface area contributed by atoms with Crippen LogP contribution in [0.3, 0.4) is 0 Å². The first-order valence-electron chi connectivity index (χ1n) is 36.3. The molecular weight excluding hydrogens is 1250 g/mol. The van der Waals surface area contributed by atoms with E-state index in [2.05, 4.69) is 376 Å². The fourth-order valence-corrected chi connectivity index (χ4v) is 18.6. The molecule has 20 aromatic rings. The highest BCUT2D eigenvalue weighted by molar-refractivity contribution is 6.35. The van der Waals surface area contributed by atoms with Crippen LogP contribution in [0, 0.1) is 0 Å². The number of hydrogen-bond acceptors (Lipinski definition) is 0. The normalized spacial score (nSPS) is 12.0. The molecule has 104 heavy (non-hydrogen) atoms. The van der Waals surface area contributed by atoms with Crippen molar-refractivity contribution in [2.24, 2.45) is 0 Å². The van der Waals surface area contributed by atoms with Crippen LogP contribution in [0.4, 0.5) is 0 Å². The zero-order chi connectivity index (χ0) is 68.1. The molecule has 2 aliphatic carbocycles. The summed E-state index contributed by atoms with van der Waals surface area (Å²) < 4.78 is 0. The van der Waals surface area contributed by atoms with Crippen molar-refractivity contribution in [3.8, 4) is 145 Å². The lowest BCUT2D eigenvalue weighted by Crippen LogP contribution is -1.97. The van der Waals surface area contributed by atoms with Crippen molar-refractivity contribution in [2.75, 3.05) is 0 Å². The van der Waals surface area contributed by atoms with E-state index in [9.17, 15) is 0 Å². The molecule has 0 spiro atoms. The van der Waals surface area contributed by atoms with Gasteiger partial charge in [-0.15, -0.1) is 0 Å². The molecule has 478 valence electrons. The Morgan fingerprint density at radius 1 is 0.106 bits per heavy atom. The fourth-order valence-electron chi connectivity index (χ4n) is 18.6. The monoisotopic (exact) mass is 1310 g/mol. The number of hydrogen-bond donors (Lipinski definition) is 0. The van der Waals surface area contributed by atoms with E-state index >= 15 is 0 Å². The second-order valence-corrected chi connectivity index (χ2v) is 28.2. The van der Waals surface area contributed by atoms with Crippen molar-refractivity contribution >= 4 is 86.2 Å². The molecular formula is C104H62. The molecule has 20 aromatic carbocycles. The van der Waals surface area contributed by atoms with Gasteiger partial charge in [-0.05, 0) is 255 Å². The van der Waals surface area contributed by atoms with Crippen molar-refractivity contribution < 1.29 is 0 Å². The molecule has 0 fully saturated rings. The van der Waals surface area contributed by atoms with Gasteiger partial charge in [-0.1, -0.05) is 352 Å². The first kappa shape index (κ1) is 58.3. The summed E-state index contributed by atoms with van der Waals surface area (Å²) >= 11 is 0. The van der Waals surface area contributed by atoms with Crippen molar-refractivity contribution in [1.29, 1.82) is 0 Å². The Hall–Kier alpha value is -13.5. The molecule has 0 heteroatoms. The van der Waals surface area contributed by atoms with Gasteiger partial charge in [-0.3, -0.25) is 0 Å². The van der Waals surface area contributed by atoms with Crippen LogP contribution in [-0.2, 0) is 0 Å². The second-order valence-electron chi connectivity index (χ2n) is 28.2. The summed E-state index contributed by atoms with van der Waals surface area (Å²) in [6, 6.07) is 142. The summed E-state index contributed by atoms with van der Waals surface area (Å²) in [4.78, 5) is 0. The summed E-state index contributed by atoms with van der Waals surface area (Å²) in [6.45, 7) is 0. The minimum Gasteiger partial charge on any atom is -0.0622 e. The Bertz CT molecular complexity index is 6240. The Balaban J connectivity index is 0.859. The van der Waals surface area contributed by atoms with Crippen LogP contribution >= 0.6 is 0 Å². The van der Waals surface area contributed by atoms with Crippen LogP contribution in [0.1, 0.15) is 0 Å². The van der Waals surface area contributed by atoms with Gasteiger partial charge in [0.15, 0.2) is 0 Å². The van der Waals surface area contributed by atoms with E-state index in [-0.39, 0.29) is 0 Å². The molecule has 0 aromatic heterocycles. The van der Waals surface area contributed by atoms with Crippen LogP contribution in [0.25, 0.3) is 231 Å². The highest BCUT2D eigenvalue weighted by atomic mass is 14.4. The Labute approximate surface area is 603 Å². The van der Waals surface area contributed by atoms with E-state index in [4.69, 9.17) is 0 Å². The molecule has 0 N–H and O–H groups in total. The summed E-state index contributed by atoms with van der Waals surface area (Å²) in [5.41, 5.74) is 32.0. The summed E-state index contributed by atoms with van der Waals surface area (Å²) in [5.74, 6) is 0. The maximum absolute atomic E-state index is 2.54. The second kappa shape index (κ2) is 23.0. The fraction of sp³-hybridized carbons (Fsp3) is 0. The third-order valence-corrected chi connectivity index (χ3v) is 22.9. The maximum Gasteiger partial charge on any atom is -0.000718 e. The lowest BCUT2D eigenvalue weighted by Gasteiger charge is -2.24. The molecule has 22 rings (SSSR count). The average Bonchev–Trinajstić information content (AvgIpc) is 1.49. The first-order chi connectivity index (χ1) is 51.7. The zero-order valence-electron chi connectivity index (χ0n) is 56.8.